The molecule has 92 valence electrons. The Hall–Kier alpha value is -1.15. The molecular formula is C16H15BrO. The largest absolute Gasteiger partial charge is 0.294 e. The number of carbonyl (C=O) groups is 1. The van der Waals surface area contributed by atoms with E-state index < -0.39 is 0 Å². The molecule has 0 heterocycles. The van der Waals surface area contributed by atoms with E-state index >= 15 is 0 Å². The highest BCUT2D eigenvalue weighted by Gasteiger charge is 2.48. The molecule has 0 radical (unpaired) electrons. The summed E-state index contributed by atoms with van der Waals surface area (Å²) >= 11 is 3.73. The van der Waals surface area contributed by atoms with Gasteiger partial charge < -0.3 is 0 Å². The molecule has 0 unspecified atom stereocenters. The van der Waals surface area contributed by atoms with Gasteiger partial charge in [-0.3, -0.25) is 4.79 Å². The molecule has 0 N–H and O–H groups in total. The number of rotatable bonds is 1. The molecule has 1 fully saturated rings. The van der Waals surface area contributed by atoms with E-state index in [4.69, 9.17) is 0 Å². The second-order valence-electron chi connectivity index (χ2n) is 5.32. The van der Waals surface area contributed by atoms with Crippen molar-refractivity contribution >= 4 is 26.2 Å². The summed E-state index contributed by atoms with van der Waals surface area (Å²) in [7, 11) is 0. The number of hydrogen-bond donors (Lipinski definition) is 0. The highest BCUT2D eigenvalue weighted by atomic mass is 79.9. The van der Waals surface area contributed by atoms with Crippen molar-refractivity contribution in [2.24, 2.45) is 11.3 Å². The molecule has 0 bridgehead atoms. The van der Waals surface area contributed by atoms with Crippen LogP contribution in [0.25, 0.3) is 4.48 Å². The minimum atomic E-state index is -0.191. The monoisotopic (exact) mass is 302 g/mol. The van der Waals surface area contributed by atoms with Gasteiger partial charge in [0.2, 0.25) is 0 Å². The average Bonchev–Trinajstić information content (AvgIpc) is 2.87. The lowest BCUT2D eigenvalue weighted by atomic mass is 9.80. The number of hydrogen-bond acceptors (Lipinski definition) is 1. The van der Waals surface area contributed by atoms with Crippen LogP contribution in [0, 0.1) is 11.3 Å². The Morgan fingerprint density at radius 1 is 1.33 bits per heavy atom. The first-order valence-electron chi connectivity index (χ1n) is 6.29. The lowest BCUT2D eigenvalue weighted by Crippen LogP contribution is -2.24. The second kappa shape index (κ2) is 4.20. The van der Waals surface area contributed by atoms with Crippen LogP contribution in [0.4, 0.5) is 0 Å². The van der Waals surface area contributed by atoms with Crippen molar-refractivity contribution in [3.63, 3.8) is 0 Å². The number of carbonyl (C=O) groups excluding carboxylic acids is 1. The highest BCUT2D eigenvalue weighted by molar-refractivity contribution is 9.15. The molecule has 1 aromatic carbocycles. The van der Waals surface area contributed by atoms with Crippen molar-refractivity contribution in [2.45, 2.75) is 19.8 Å². The van der Waals surface area contributed by atoms with E-state index in [9.17, 15) is 4.79 Å². The molecule has 1 saturated carbocycles. The van der Waals surface area contributed by atoms with E-state index in [-0.39, 0.29) is 17.1 Å². The molecule has 2 atom stereocenters. The van der Waals surface area contributed by atoms with Crippen molar-refractivity contribution < 1.29 is 4.79 Å². The fourth-order valence-corrected chi connectivity index (χ4v) is 3.79. The van der Waals surface area contributed by atoms with Gasteiger partial charge in [-0.05, 0) is 30.1 Å². The molecule has 1 aromatic rings. The van der Waals surface area contributed by atoms with E-state index in [1.807, 2.05) is 18.2 Å². The predicted octanol–water partition coefficient (Wildman–Crippen LogP) is 4.35. The molecule has 2 heteroatoms. The van der Waals surface area contributed by atoms with E-state index in [2.05, 4.69) is 41.1 Å². The Morgan fingerprint density at radius 2 is 2.06 bits per heavy atom. The Morgan fingerprint density at radius 3 is 2.78 bits per heavy atom. The summed E-state index contributed by atoms with van der Waals surface area (Å²) in [5.41, 5.74) is 2.37. The molecule has 18 heavy (non-hydrogen) atoms. The first-order valence-corrected chi connectivity index (χ1v) is 7.09. The quantitative estimate of drug-likeness (QED) is 0.754. The Bertz CT molecular complexity index is 556. The standard InChI is InChI=1S/C16H15BrO/c1-16-10-9-12(13(16)7-8-14(16)18)15(17)11-5-3-2-4-6-11/h2-8,13H,9-10H2,1H3/b15-12+/t13-,16+/m1/s1. The molecule has 0 aliphatic heterocycles. The van der Waals surface area contributed by atoms with Gasteiger partial charge in [-0.1, -0.05) is 59.3 Å². The fraction of sp³-hybridized carbons (Fsp3) is 0.312. The van der Waals surface area contributed by atoms with Crippen molar-refractivity contribution in [1.29, 1.82) is 0 Å². The van der Waals surface area contributed by atoms with Gasteiger partial charge in [0.1, 0.15) is 0 Å². The second-order valence-corrected chi connectivity index (χ2v) is 6.12. The molecule has 0 saturated heterocycles. The van der Waals surface area contributed by atoms with Gasteiger partial charge in [0, 0.05) is 15.8 Å². The minimum absolute atomic E-state index is 0.191. The molecule has 0 spiro atoms. The van der Waals surface area contributed by atoms with Crippen LogP contribution in [0.5, 0.6) is 0 Å². The van der Waals surface area contributed by atoms with Gasteiger partial charge in [-0.2, -0.15) is 0 Å². The number of ketones is 1. The van der Waals surface area contributed by atoms with Crippen LogP contribution in [-0.2, 0) is 4.79 Å². The summed E-state index contributed by atoms with van der Waals surface area (Å²) in [6, 6.07) is 10.3. The third kappa shape index (κ3) is 1.63. The van der Waals surface area contributed by atoms with Crippen LogP contribution < -0.4 is 0 Å². The lowest BCUT2D eigenvalue weighted by molar-refractivity contribution is -0.122. The molecular weight excluding hydrogens is 288 g/mol. The van der Waals surface area contributed by atoms with Crippen molar-refractivity contribution in [3.8, 4) is 0 Å². The highest BCUT2D eigenvalue weighted by Crippen LogP contribution is 2.54. The lowest BCUT2D eigenvalue weighted by Gasteiger charge is -2.22. The topological polar surface area (TPSA) is 17.1 Å². The summed E-state index contributed by atoms with van der Waals surface area (Å²) in [5, 5.41) is 0. The smallest absolute Gasteiger partial charge is 0.162 e. The molecule has 3 rings (SSSR count). The van der Waals surface area contributed by atoms with Crippen LogP contribution in [-0.4, -0.2) is 5.78 Å². The fourth-order valence-electron chi connectivity index (χ4n) is 3.09. The van der Waals surface area contributed by atoms with Crippen molar-refractivity contribution in [1.82, 2.24) is 0 Å². The zero-order valence-corrected chi connectivity index (χ0v) is 11.9. The molecule has 0 aromatic heterocycles. The third-order valence-electron chi connectivity index (χ3n) is 4.29. The summed E-state index contributed by atoms with van der Waals surface area (Å²) in [5.74, 6) is 0.565. The zero-order valence-electron chi connectivity index (χ0n) is 10.3. The number of fused-ring (bicyclic) bond motifs is 1. The van der Waals surface area contributed by atoms with Crippen LogP contribution in [0.1, 0.15) is 25.3 Å². The van der Waals surface area contributed by atoms with Crippen LogP contribution in [0.3, 0.4) is 0 Å². The third-order valence-corrected chi connectivity index (χ3v) is 5.25. The van der Waals surface area contributed by atoms with Crippen LogP contribution in [0.15, 0.2) is 48.1 Å². The SMILES string of the molecule is C[C@]12CC/C(=C(\Br)c3ccccc3)[C@H]1C=CC2=O. The number of allylic oxidation sites excluding steroid dienone is 3. The normalized spacial score (nSPS) is 32.8. The predicted molar refractivity (Wildman–Crippen MR) is 77.3 cm³/mol. The first kappa shape index (κ1) is 11.9. The van der Waals surface area contributed by atoms with Crippen LogP contribution >= 0.6 is 15.9 Å². The summed E-state index contributed by atoms with van der Waals surface area (Å²) in [6.45, 7) is 2.10. The van der Waals surface area contributed by atoms with Gasteiger partial charge >= 0.3 is 0 Å². The zero-order chi connectivity index (χ0) is 12.8. The van der Waals surface area contributed by atoms with Crippen LogP contribution in [0.2, 0.25) is 0 Å². The van der Waals surface area contributed by atoms with E-state index in [1.165, 1.54) is 11.1 Å². The average molecular weight is 303 g/mol. The molecule has 0 amide bonds. The molecule has 2 aliphatic carbocycles. The van der Waals surface area contributed by atoms with Crippen molar-refractivity contribution in [3.05, 3.63) is 53.6 Å². The van der Waals surface area contributed by atoms with Crippen molar-refractivity contribution in [2.75, 3.05) is 0 Å². The number of benzene rings is 1. The summed E-state index contributed by atoms with van der Waals surface area (Å²) in [4.78, 5) is 12.0. The van der Waals surface area contributed by atoms with Gasteiger partial charge in [0.25, 0.3) is 0 Å². The number of halogens is 1. The first-order chi connectivity index (χ1) is 8.63. The van der Waals surface area contributed by atoms with Gasteiger partial charge in [0.15, 0.2) is 5.78 Å². The summed E-state index contributed by atoms with van der Waals surface area (Å²) in [6.07, 6.45) is 5.80. The van der Waals surface area contributed by atoms with Gasteiger partial charge in [0.05, 0.1) is 0 Å². The molecule has 2 aliphatic rings. The minimum Gasteiger partial charge on any atom is -0.294 e. The Labute approximate surface area is 116 Å². The van der Waals surface area contributed by atoms with E-state index in [0.717, 1.165) is 17.3 Å². The van der Waals surface area contributed by atoms with Gasteiger partial charge in [-0.25, -0.2) is 0 Å². The maximum absolute atomic E-state index is 12.0. The molecule has 1 nitrogen and oxygen atoms in total. The maximum Gasteiger partial charge on any atom is 0.162 e. The maximum atomic E-state index is 12.0. The Kier molecular flexibility index (Phi) is 2.78. The Balaban J connectivity index is 2.05. The van der Waals surface area contributed by atoms with Gasteiger partial charge in [-0.15, -0.1) is 0 Å². The van der Waals surface area contributed by atoms with E-state index in [1.54, 1.807) is 6.08 Å². The summed E-state index contributed by atoms with van der Waals surface area (Å²) < 4.78 is 1.16. The van der Waals surface area contributed by atoms with E-state index in [0.29, 0.717) is 0 Å².